The lowest BCUT2D eigenvalue weighted by molar-refractivity contribution is 0.292. The van der Waals surface area contributed by atoms with E-state index in [1.807, 2.05) is 0 Å². The molecule has 11 heavy (non-hydrogen) atoms. The van der Waals surface area contributed by atoms with Crippen LogP contribution in [-0.4, -0.2) is 44.0 Å². The molecule has 0 aromatic rings. The number of hydrogen-bond donors (Lipinski definition) is 0. The summed E-state index contributed by atoms with van der Waals surface area (Å²) in [7, 11) is -2.75. The first-order valence-corrected chi connectivity index (χ1v) is 5.71. The first-order valence-electron chi connectivity index (χ1n) is 4.00. The normalized spacial score (nSPS) is 32.0. The van der Waals surface area contributed by atoms with Crippen LogP contribution in [0.25, 0.3) is 0 Å². The molecule has 1 rings (SSSR count). The third-order valence-corrected chi connectivity index (χ3v) is 4.39. The van der Waals surface area contributed by atoms with E-state index in [1.54, 1.807) is 6.92 Å². The van der Waals surface area contributed by atoms with Crippen molar-refractivity contribution in [2.75, 3.05) is 25.4 Å². The van der Waals surface area contributed by atoms with Crippen molar-refractivity contribution in [3.05, 3.63) is 0 Å². The van der Waals surface area contributed by atoms with Gasteiger partial charge in [0.05, 0.1) is 11.0 Å². The highest BCUT2D eigenvalue weighted by Crippen LogP contribution is 2.10. The van der Waals surface area contributed by atoms with Gasteiger partial charge in [0, 0.05) is 13.1 Å². The zero-order valence-corrected chi connectivity index (χ0v) is 7.89. The lowest BCUT2D eigenvalue weighted by Crippen LogP contribution is -2.45. The van der Waals surface area contributed by atoms with Crippen molar-refractivity contribution >= 4 is 9.84 Å². The molecular formula is C7H15NO2S. The molecule has 1 atom stereocenters. The number of hydrogen-bond acceptors (Lipinski definition) is 3. The molecule has 1 aliphatic heterocycles. The number of sulfone groups is 1. The van der Waals surface area contributed by atoms with Crippen LogP contribution in [0.15, 0.2) is 0 Å². The van der Waals surface area contributed by atoms with Crippen LogP contribution in [0.3, 0.4) is 0 Å². The maximum atomic E-state index is 11.2. The van der Waals surface area contributed by atoms with Crippen molar-refractivity contribution in [1.82, 2.24) is 4.90 Å². The summed E-state index contributed by atoms with van der Waals surface area (Å²) in [6, 6.07) is 0. The first-order chi connectivity index (χ1) is 5.06. The van der Waals surface area contributed by atoms with Crippen molar-refractivity contribution in [2.45, 2.75) is 19.1 Å². The largest absolute Gasteiger partial charge is 0.301 e. The number of nitrogens with zero attached hydrogens (tertiary/aromatic N) is 1. The van der Waals surface area contributed by atoms with E-state index >= 15 is 0 Å². The Labute approximate surface area is 68.3 Å². The molecule has 1 heterocycles. The SMILES string of the molecule is CCN1CCS(=O)(=O)C(C)C1. The lowest BCUT2D eigenvalue weighted by Gasteiger charge is -2.29. The summed E-state index contributed by atoms with van der Waals surface area (Å²) in [6.07, 6.45) is 0. The van der Waals surface area contributed by atoms with Gasteiger partial charge < -0.3 is 4.90 Å². The van der Waals surface area contributed by atoms with E-state index in [0.29, 0.717) is 18.8 Å². The minimum atomic E-state index is -2.75. The molecule has 1 saturated heterocycles. The Bertz CT molecular complexity index is 223. The Morgan fingerprint density at radius 2 is 2.18 bits per heavy atom. The van der Waals surface area contributed by atoms with Crippen molar-refractivity contribution in [2.24, 2.45) is 0 Å². The Hall–Kier alpha value is -0.0900. The Kier molecular flexibility index (Phi) is 2.54. The van der Waals surface area contributed by atoms with Gasteiger partial charge in [-0.3, -0.25) is 0 Å². The molecule has 0 aliphatic carbocycles. The van der Waals surface area contributed by atoms with E-state index in [9.17, 15) is 8.42 Å². The van der Waals surface area contributed by atoms with Crippen molar-refractivity contribution in [1.29, 1.82) is 0 Å². The predicted octanol–water partition coefficient (Wildman–Crippen LogP) is 0.125. The summed E-state index contributed by atoms with van der Waals surface area (Å²) >= 11 is 0. The van der Waals surface area contributed by atoms with Gasteiger partial charge in [-0.1, -0.05) is 6.92 Å². The smallest absolute Gasteiger partial charge is 0.155 e. The third kappa shape index (κ3) is 1.93. The molecule has 0 amide bonds. The van der Waals surface area contributed by atoms with Gasteiger partial charge in [0.25, 0.3) is 0 Å². The molecule has 0 spiro atoms. The Morgan fingerprint density at radius 1 is 1.55 bits per heavy atom. The molecule has 1 aliphatic rings. The van der Waals surface area contributed by atoms with Crippen LogP contribution in [0.2, 0.25) is 0 Å². The minimum absolute atomic E-state index is 0.170. The standard InChI is InChI=1S/C7H15NO2S/c1-3-8-4-5-11(9,10)7(2)6-8/h7H,3-6H2,1-2H3. The minimum Gasteiger partial charge on any atom is -0.301 e. The van der Waals surface area contributed by atoms with Crippen LogP contribution in [0.4, 0.5) is 0 Å². The van der Waals surface area contributed by atoms with E-state index < -0.39 is 9.84 Å². The summed E-state index contributed by atoms with van der Waals surface area (Å²) in [5, 5.41) is -0.170. The second kappa shape index (κ2) is 3.11. The molecule has 0 N–H and O–H groups in total. The molecule has 0 saturated carbocycles. The Morgan fingerprint density at radius 3 is 2.64 bits per heavy atom. The van der Waals surface area contributed by atoms with Gasteiger partial charge in [0.15, 0.2) is 9.84 Å². The van der Waals surface area contributed by atoms with Gasteiger partial charge in [0.1, 0.15) is 0 Å². The third-order valence-electron chi connectivity index (χ3n) is 2.27. The van der Waals surface area contributed by atoms with E-state index in [-0.39, 0.29) is 5.25 Å². The molecule has 0 aromatic carbocycles. The summed E-state index contributed by atoms with van der Waals surface area (Å²) in [6.45, 7) is 6.23. The zero-order chi connectivity index (χ0) is 8.48. The van der Waals surface area contributed by atoms with Crippen LogP contribution >= 0.6 is 0 Å². The summed E-state index contributed by atoms with van der Waals surface area (Å²) in [4.78, 5) is 2.17. The van der Waals surface area contributed by atoms with Crippen molar-refractivity contribution < 1.29 is 8.42 Å². The highest BCUT2D eigenvalue weighted by Gasteiger charge is 2.27. The van der Waals surface area contributed by atoms with E-state index in [4.69, 9.17) is 0 Å². The second-order valence-electron chi connectivity index (χ2n) is 3.07. The van der Waals surface area contributed by atoms with Gasteiger partial charge >= 0.3 is 0 Å². The van der Waals surface area contributed by atoms with Gasteiger partial charge in [0.2, 0.25) is 0 Å². The summed E-state index contributed by atoms with van der Waals surface area (Å²) in [5.41, 5.74) is 0. The molecule has 0 aromatic heterocycles. The van der Waals surface area contributed by atoms with Crippen LogP contribution in [0.1, 0.15) is 13.8 Å². The van der Waals surface area contributed by atoms with E-state index in [2.05, 4.69) is 11.8 Å². The first kappa shape index (κ1) is 9.00. The number of rotatable bonds is 1. The fraction of sp³-hybridized carbons (Fsp3) is 1.00. The predicted molar refractivity (Wildman–Crippen MR) is 45.4 cm³/mol. The van der Waals surface area contributed by atoms with E-state index in [1.165, 1.54) is 0 Å². The van der Waals surface area contributed by atoms with Crippen LogP contribution in [0, 0.1) is 0 Å². The highest BCUT2D eigenvalue weighted by atomic mass is 32.2. The highest BCUT2D eigenvalue weighted by molar-refractivity contribution is 7.92. The molecule has 3 nitrogen and oxygen atoms in total. The monoisotopic (exact) mass is 177 g/mol. The molecule has 4 heteroatoms. The molecule has 66 valence electrons. The second-order valence-corrected chi connectivity index (χ2v) is 5.61. The van der Waals surface area contributed by atoms with Gasteiger partial charge in [-0.05, 0) is 13.5 Å². The van der Waals surface area contributed by atoms with Gasteiger partial charge in [-0.2, -0.15) is 0 Å². The molecule has 1 fully saturated rings. The topological polar surface area (TPSA) is 37.4 Å². The van der Waals surface area contributed by atoms with Crippen LogP contribution in [-0.2, 0) is 9.84 Å². The van der Waals surface area contributed by atoms with Gasteiger partial charge in [-0.15, -0.1) is 0 Å². The quantitative estimate of drug-likeness (QED) is 0.571. The zero-order valence-electron chi connectivity index (χ0n) is 7.08. The molecule has 1 unspecified atom stereocenters. The molecule has 0 bridgehead atoms. The maximum absolute atomic E-state index is 11.2. The van der Waals surface area contributed by atoms with Crippen molar-refractivity contribution in [3.63, 3.8) is 0 Å². The lowest BCUT2D eigenvalue weighted by atomic mass is 10.4. The molecule has 0 radical (unpaired) electrons. The maximum Gasteiger partial charge on any atom is 0.155 e. The van der Waals surface area contributed by atoms with E-state index in [0.717, 1.165) is 6.54 Å². The Balaban J connectivity index is 2.62. The average Bonchev–Trinajstić information content (AvgIpc) is 1.95. The molecular weight excluding hydrogens is 162 g/mol. The van der Waals surface area contributed by atoms with Gasteiger partial charge in [-0.25, -0.2) is 8.42 Å². The van der Waals surface area contributed by atoms with Crippen LogP contribution in [0.5, 0.6) is 0 Å². The summed E-state index contributed by atoms with van der Waals surface area (Å²) < 4.78 is 22.4. The fourth-order valence-corrected chi connectivity index (χ4v) is 2.67. The fourth-order valence-electron chi connectivity index (χ4n) is 1.31. The average molecular weight is 177 g/mol. The van der Waals surface area contributed by atoms with Crippen molar-refractivity contribution in [3.8, 4) is 0 Å². The summed E-state index contributed by atoms with van der Waals surface area (Å²) in [5.74, 6) is 0.335. The van der Waals surface area contributed by atoms with Crippen LogP contribution < -0.4 is 0 Å².